The summed E-state index contributed by atoms with van der Waals surface area (Å²) in [4.78, 5) is 3.18. The number of hydrogen-bond acceptors (Lipinski definition) is 2. The van der Waals surface area contributed by atoms with Crippen molar-refractivity contribution in [3.05, 3.63) is 41.0 Å². The summed E-state index contributed by atoms with van der Waals surface area (Å²) >= 11 is 0.600. The zero-order valence-corrected chi connectivity index (χ0v) is 9.75. The van der Waals surface area contributed by atoms with E-state index in [4.69, 9.17) is 0 Å². The molecule has 0 amide bonds. The lowest BCUT2D eigenvalue weighted by molar-refractivity contribution is -0.142. The topological polar surface area (TPSA) is 12.9 Å². The number of rotatable bonds is 1. The van der Waals surface area contributed by atoms with Crippen molar-refractivity contribution in [2.45, 2.75) is 12.4 Å². The summed E-state index contributed by atoms with van der Waals surface area (Å²) in [6.45, 7) is 0. The predicted octanol–water partition coefficient (Wildman–Crippen LogP) is 4.65. The highest BCUT2D eigenvalue weighted by Gasteiger charge is 2.41. The summed E-state index contributed by atoms with van der Waals surface area (Å²) in [7, 11) is 0. The van der Waals surface area contributed by atoms with Gasteiger partial charge in [0.25, 0.3) is 0 Å². The molecular weight excluding hydrogens is 292 g/mol. The molecule has 8 heteroatoms. The first-order chi connectivity index (χ1) is 8.71. The second-order valence-electron chi connectivity index (χ2n) is 3.54. The van der Waals surface area contributed by atoms with E-state index in [1.165, 1.54) is 0 Å². The number of hydrogen-bond donors (Lipinski definition) is 0. The maximum absolute atomic E-state index is 12.8. The first-order valence-electron chi connectivity index (χ1n) is 4.81. The third-order valence-electron chi connectivity index (χ3n) is 2.31. The highest BCUT2D eigenvalue weighted by Crippen LogP contribution is 2.45. The van der Waals surface area contributed by atoms with E-state index in [-0.39, 0.29) is 4.88 Å². The van der Waals surface area contributed by atoms with E-state index in [2.05, 4.69) is 10.5 Å². The van der Waals surface area contributed by atoms with Crippen molar-refractivity contribution in [2.75, 3.05) is 0 Å². The quantitative estimate of drug-likeness (QED) is 0.698. The van der Waals surface area contributed by atoms with Crippen LogP contribution in [0.5, 0.6) is 0 Å². The molecule has 0 atom stereocenters. The minimum atomic E-state index is -4.87. The highest BCUT2D eigenvalue weighted by molar-refractivity contribution is 7.12. The molecule has 0 unspecified atom stereocenters. The molecular formula is C11H4F6NS. The number of alkyl halides is 6. The fourth-order valence-corrected chi connectivity index (χ4v) is 2.22. The molecule has 0 saturated heterocycles. The van der Waals surface area contributed by atoms with Crippen LogP contribution >= 0.6 is 11.3 Å². The van der Waals surface area contributed by atoms with Crippen molar-refractivity contribution < 1.29 is 26.3 Å². The maximum atomic E-state index is 12.8. The van der Waals surface area contributed by atoms with Crippen LogP contribution in [0.4, 0.5) is 26.3 Å². The third-order valence-corrected chi connectivity index (χ3v) is 3.04. The lowest BCUT2D eigenvalue weighted by Crippen LogP contribution is -2.13. The van der Waals surface area contributed by atoms with Gasteiger partial charge in [0.15, 0.2) is 5.51 Å². The average Bonchev–Trinajstić information content (AvgIpc) is 2.78. The van der Waals surface area contributed by atoms with Gasteiger partial charge < -0.3 is 0 Å². The van der Waals surface area contributed by atoms with Gasteiger partial charge in [-0.25, -0.2) is 4.98 Å². The van der Waals surface area contributed by atoms with Crippen LogP contribution in [0.2, 0.25) is 0 Å². The number of halogens is 6. The van der Waals surface area contributed by atoms with Gasteiger partial charge in [-0.15, -0.1) is 11.3 Å². The highest BCUT2D eigenvalue weighted by atomic mass is 32.1. The maximum Gasteiger partial charge on any atom is 0.417 e. The summed E-state index contributed by atoms with van der Waals surface area (Å²) in [5, 5.41) is 0. The molecule has 1 heterocycles. The Morgan fingerprint density at radius 3 is 1.84 bits per heavy atom. The monoisotopic (exact) mass is 296 g/mol. The molecule has 0 bridgehead atoms. The Morgan fingerprint density at radius 2 is 1.47 bits per heavy atom. The van der Waals surface area contributed by atoms with Gasteiger partial charge in [-0.3, -0.25) is 0 Å². The normalized spacial score (nSPS) is 12.7. The molecule has 0 aliphatic rings. The van der Waals surface area contributed by atoms with Gasteiger partial charge in [0.2, 0.25) is 0 Å². The second-order valence-corrected chi connectivity index (χ2v) is 4.37. The molecule has 1 aromatic heterocycles. The van der Waals surface area contributed by atoms with Crippen molar-refractivity contribution in [1.29, 1.82) is 0 Å². The molecule has 0 aliphatic carbocycles. The fraction of sp³-hybridized carbons (Fsp3) is 0.182. The van der Waals surface area contributed by atoms with E-state index < -0.39 is 29.0 Å². The molecule has 19 heavy (non-hydrogen) atoms. The molecule has 0 fully saturated rings. The second kappa shape index (κ2) is 4.52. The van der Waals surface area contributed by atoms with Crippen LogP contribution in [0.15, 0.2) is 24.4 Å². The van der Waals surface area contributed by atoms with Crippen LogP contribution in [0.25, 0.3) is 10.4 Å². The minimum absolute atomic E-state index is 0.222. The van der Waals surface area contributed by atoms with Gasteiger partial charge in [-0.2, -0.15) is 26.3 Å². The van der Waals surface area contributed by atoms with Crippen LogP contribution < -0.4 is 0 Å². The van der Waals surface area contributed by atoms with Crippen LogP contribution in [-0.2, 0) is 12.4 Å². The third kappa shape index (κ3) is 2.73. The Kier molecular flexibility index (Phi) is 3.29. The predicted molar refractivity (Wildman–Crippen MR) is 56.4 cm³/mol. The lowest BCUT2D eigenvalue weighted by Gasteiger charge is -2.17. The van der Waals surface area contributed by atoms with Gasteiger partial charge in [-0.1, -0.05) is 6.07 Å². The van der Waals surface area contributed by atoms with Crippen LogP contribution in [0, 0.1) is 5.51 Å². The summed E-state index contributed by atoms with van der Waals surface area (Å²) in [5.41, 5.74) is -1.33. The van der Waals surface area contributed by atoms with E-state index in [1.54, 1.807) is 0 Å². The van der Waals surface area contributed by atoms with Gasteiger partial charge in [0.05, 0.1) is 16.0 Å². The number of benzene rings is 1. The number of nitrogens with zero attached hydrogens (tertiary/aromatic N) is 1. The Morgan fingerprint density at radius 1 is 0.947 bits per heavy atom. The molecule has 0 spiro atoms. The SMILES string of the molecule is FC(F)(F)c1cccc(C(F)(F)F)c1-c1cn[c]s1. The lowest BCUT2D eigenvalue weighted by atomic mass is 9.99. The Balaban J connectivity index is 2.78. The van der Waals surface area contributed by atoms with Crippen LogP contribution in [0.1, 0.15) is 11.1 Å². The number of thiazole rings is 1. The summed E-state index contributed by atoms with van der Waals surface area (Å²) in [6.07, 6.45) is -8.81. The molecule has 2 aromatic rings. The smallest absolute Gasteiger partial charge is 0.241 e. The Bertz CT molecular complexity index is 538. The molecule has 1 aromatic carbocycles. The molecule has 1 nitrogen and oxygen atoms in total. The van der Waals surface area contributed by atoms with Crippen molar-refractivity contribution in [1.82, 2.24) is 4.98 Å². The standard InChI is InChI=1S/C11H4F6NS/c12-10(13,14)6-2-1-3-7(11(15,16)17)9(6)8-4-18-5-19-8/h1-4H. The molecule has 2 rings (SSSR count). The van der Waals surface area contributed by atoms with Crippen LogP contribution in [0.3, 0.4) is 0 Å². The molecule has 0 saturated carbocycles. The zero-order valence-electron chi connectivity index (χ0n) is 8.93. The first kappa shape index (κ1) is 13.9. The van der Waals surface area contributed by atoms with Crippen LogP contribution in [-0.4, -0.2) is 4.98 Å². The Hall–Kier alpha value is -1.57. The Labute approximate surface area is 107 Å². The largest absolute Gasteiger partial charge is 0.417 e. The minimum Gasteiger partial charge on any atom is -0.241 e. The van der Waals surface area contributed by atoms with E-state index in [0.717, 1.165) is 12.3 Å². The molecule has 0 aliphatic heterocycles. The van der Waals surface area contributed by atoms with E-state index >= 15 is 0 Å². The summed E-state index contributed by atoms with van der Waals surface area (Å²) in [5.74, 6) is 0. The van der Waals surface area contributed by atoms with Gasteiger partial charge in [0.1, 0.15) is 0 Å². The summed E-state index contributed by atoms with van der Waals surface area (Å²) < 4.78 is 76.9. The van der Waals surface area contributed by atoms with E-state index in [1.807, 2.05) is 0 Å². The average molecular weight is 296 g/mol. The van der Waals surface area contributed by atoms with Gasteiger partial charge in [-0.05, 0) is 12.1 Å². The van der Waals surface area contributed by atoms with E-state index in [9.17, 15) is 26.3 Å². The first-order valence-corrected chi connectivity index (χ1v) is 5.62. The van der Waals surface area contributed by atoms with Gasteiger partial charge in [0, 0.05) is 11.8 Å². The zero-order chi connectivity index (χ0) is 14.3. The molecule has 1 radical (unpaired) electrons. The van der Waals surface area contributed by atoms with Gasteiger partial charge >= 0.3 is 12.4 Å². The van der Waals surface area contributed by atoms with Crippen molar-refractivity contribution in [3.8, 4) is 10.4 Å². The number of aromatic nitrogens is 1. The fourth-order valence-electron chi connectivity index (χ4n) is 1.59. The van der Waals surface area contributed by atoms with Crippen molar-refractivity contribution in [2.24, 2.45) is 0 Å². The molecule has 0 N–H and O–H groups in total. The molecule has 101 valence electrons. The van der Waals surface area contributed by atoms with E-state index in [0.29, 0.717) is 23.5 Å². The summed E-state index contributed by atoms with van der Waals surface area (Å²) in [6, 6.07) is 1.97. The van der Waals surface area contributed by atoms with Crippen molar-refractivity contribution in [3.63, 3.8) is 0 Å². The van der Waals surface area contributed by atoms with Crippen molar-refractivity contribution >= 4 is 11.3 Å².